The topological polar surface area (TPSA) is 23.9 Å². The van der Waals surface area contributed by atoms with Crippen molar-refractivity contribution in [2.45, 2.75) is 64.7 Å². The third-order valence-corrected chi connectivity index (χ3v) is 5.00. The van der Waals surface area contributed by atoms with Gasteiger partial charge in [-0.3, -0.25) is 0 Å². The molecule has 0 bridgehead atoms. The standard InChI is InChI=1S/C17H29N/c1-3-4-5-6-17(18)16-12-15(16)11-14-9-7-13(2)8-10-14/h3,13-16,18H,1,4-12H2,2H3. The molecule has 1 N–H and O–H groups in total. The molecule has 102 valence electrons. The molecule has 2 atom stereocenters. The molecule has 18 heavy (non-hydrogen) atoms. The maximum absolute atomic E-state index is 8.13. The minimum atomic E-state index is 0.661. The highest BCUT2D eigenvalue weighted by molar-refractivity contribution is 5.86. The lowest BCUT2D eigenvalue weighted by Gasteiger charge is -2.26. The maximum atomic E-state index is 8.13. The summed E-state index contributed by atoms with van der Waals surface area (Å²) in [5.74, 6) is 3.49. The third-order valence-electron chi connectivity index (χ3n) is 5.00. The summed E-state index contributed by atoms with van der Waals surface area (Å²) in [4.78, 5) is 0. The van der Waals surface area contributed by atoms with E-state index in [0.29, 0.717) is 5.92 Å². The molecule has 0 amide bonds. The Morgan fingerprint density at radius 3 is 2.67 bits per heavy atom. The summed E-state index contributed by atoms with van der Waals surface area (Å²) in [6.07, 6.45) is 13.7. The van der Waals surface area contributed by atoms with E-state index in [0.717, 1.165) is 42.7 Å². The van der Waals surface area contributed by atoms with Crippen molar-refractivity contribution in [1.29, 1.82) is 5.41 Å². The van der Waals surface area contributed by atoms with Crippen LogP contribution in [0.4, 0.5) is 0 Å². The fourth-order valence-corrected chi connectivity index (χ4v) is 3.55. The fourth-order valence-electron chi connectivity index (χ4n) is 3.55. The molecule has 2 rings (SSSR count). The number of nitrogens with one attached hydrogen (secondary N) is 1. The van der Waals surface area contributed by atoms with Gasteiger partial charge in [0.15, 0.2) is 0 Å². The van der Waals surface area contributed by atoms with Crippen molar-refractivity contribution in [1.82, 2.24) is 0 Å². The van der Waals surface area contributed by atoms with E-state index in [9.17, 15) is 0 Å². The van der Waals surface area contributed by atoms with E-state index in [1.807, 2.05) is 6.08 Å². The molecule has 0 aromatic heterocycles. The normalized spacial score (nSPS) is 35.2. The second-order valence-electron chi connectivity index (χ2n) is 6.67. The molecule has 0 saturated heterocycles. The van der Waals surface area contributed by atoms with Gasteiger partial charge in [-0.1, -0.05) is 38.7 Å². The molecule has 2 aliphatic rings. The first-order valence-corrected chi connectivity index (χ1v) is 7.89. The van der Waals surface area contributed by atoms with Gasteiger partial charge in [-0.15, -0.1) is 6.58 Å². The van der Waals surface area contributed by atoms with Crippen LogP contribution < -0.4 is 0 Å². The van der Waals surface area contributed by atoms with E-state index < -0.39 is 0 Å². The number of hydrogen-bond acceptors (Lipinski definition) is 1. The van der Waals surface area contributed by atoms with Crippen molar-refractivity contribution >= 4 is 5.71 Å². The van der Waals surface area contributed by atoms with Crippen molar-refractivity contribution in [3.05, 3.63) is 12.7 Å². The van der Waals surface area contributed by atoms with Crippen molar-refractivity contribution in [2.24, 2.45) is 23.7 Å². The fraction of sp³-hybridized carbons (Fsp3) is 0.824. The Labute approximate surface area is 113 Å². The summed E-state index contributed by atoms with van der Waals surface area (Å²) in [6.45, 7) is 6.14. The maximum Gasteiger partial charge on any atom is 0.0123 e. The molecule has 1 heteroatoms. The molecule has 2 aliphatic carbocycles. The van der Waals surface area contributed by atoms with Gasteiger partial charge in [0.2, 0.25) is 0 Å². The quantitative estimate of drug-likeness (QED) is 0.362. The molecule has 1 nitrogen and oxygen atoms in total. The lowest BCUT2D eigenvalue weighted by Crippen LogP contribution is -2.13. The van der Waals surface area contributed by atoms with Crippen LogP contribution in [-0.4, -0.2) is 5.71 Å². The van der Waals surface area contributed by atoms with Crippen molar-refractivity contribution in [3.8, 4) is 0 Å². The number of rotatable bonds is 7. The highest BCUT2D eigenvalue weighted by Gasteiger charge is 2.41. The van der Waals surface area contributed by atoms with Crippen molar-refractivity contribution < 1.29 is 0 Å². The third kappa shape index (κ3) is 3.96. The van der Waals surface area contributed by atoms with Crippen LogP contribution in [0.25, 0.3) is 0 Å². The van der Waals surface area contributed by atoms with E-state index in [2.05, 4.69) is 13.5 Å². The number of hydrogen-bond donors (Lipinski definition) is 1. The van der Waals surface area contributed by atoms with Gasteiger partial charge in [0.05, 0.1) is 0 Å². The van der Waals surface area contributed by atoms with Crippen LogP contribution >= 0.6 is 0 Å². The van der Waals surface area contributed by atoms with Gasteiger partial charge in [-0.25, -0.2) is 0 Å². The monoisotopic (exact) mass is 247 g/mol. The van der Waals surface area contributed by atoms with Crippen LogP contribution in [0, 0.1) is 29.1 Å². The van der Waals surface area contributed by atoms with Crippen LogP contribution in [0.2, 0.25) is 0 Å². The van der Waals surface area contributed by atoms with Gasteiger partial charge in [0.1, 0.15) is 0 Å². The summed E-state index contributed by atoms with van der Waals surface area (Å²) in [6, 6.07) is 0. The van der Waals surface area contributed by atoms with Crippen molar-refractivity contribution in [3.63, 3.8) is 0 Å². The Morgan fingerprint density at radius 1 is 1.28 bits per heavy atom. The molecule has 0 aliphatic heterocycles. The molecular weight excluding hydrogens is 218 g/mol. The molecule has 0 aromatic carbocycles. The van der Waals surface area contributed by atoms with E-state index in [4.69, 9.17) is 5.41 Å². The summed E-state index contributed by atoms with van der Waals surface area (Å²) < 4.78 is 0. The highest BCUT2D eigenvalue weighted by atomic mass is 14.5. The first kappa shape index (κ1) is 13.8. The van der Waals surface area contributed by atoms with Crippen LogP contribution in [0.3, 0.4) is 0 Å². The van der Waals surface area contributed by atoms with Gasteiger partial charge in [-0.2, -0.15) is 0 Å². The predicted octanol–water partition coefficient (Wildman–Crippen LogP) is 5.21. The van der Waals surface area contributed by atoms with Gasteiger partial charge >= 0.3 is 0 Å². The molecule has 0 heterocycles. The average molecular weight is 247 g/mol. The average Bonchev–Trinajstić information content (AvgIpc) is 3.12. The molecule has 2 unspecified atom stereocenters. The van der Waals surface area contributed by atoms with E-state index in [1.165, 1.54) is 38.5 Å². The summed E-state index contributed by atoms with van der Waals surface area (Å²) >= 11 is 0. The molecule has 0 aromatic rings. The molecule has 2 fully saturated rings. The first-order valence-electron chi connectivity index (χ1n) is 7.89. The van der Waals surface area contributed by atoms with Crippen LogP contribution in [0.15, 0.2) is 12.7 Å². The van der Waals surface area contributed by atoms with Gasteiger partial charge in [-0.05, 0) is 55.8 Å². The summed E-state index contributed by atoms with van der Waals surface area (Å²) in [7, 11) is 0. The Hall–Kier alpha value is -0.590. The number of unbranched alkanes of at least 4 members (excludes halogenated alkanes) is 1. The molecular formula is C17H29N. The Balaban J connectivity index is 1.62. The summed E-state index contributed by atoms with van der Waals surface area (Å²) in [5, 5.41) is 8.13. The predicted molar refractivity (Wildman–Crippen MR) is 79.1 cm³/mol. The van der Waals surface area contributed by atoms with E-state index >= 15 is 0 Å². The zero-order valence-electron chi connectivity index (χ0n) is 12.0. The smallest absolute Gasteiger partial charge is 0.0123 e. The lowest BCUT2D eigenvalue weighted by molar-refractivity contribution is 0.267. The van der Waals surface area contributed by atoms with Crippen LogP contribution in [-0.2, 0) is 0 Å². The van der Waals surface area contributed by atoms with Crippen molar-refractivity contribution in [2.75, 3.05) is 0 Å². The van der Waals surface area contributed by atoms with Gasteiger partial charge in [0.25, 0.3) is 0 Å². The Bertz CT molecular complexity index is 286. The Kier molecular flexibility index (Phi) is 5.03. The first-order chi connectivity index (χ1) is 8.70. The van der Waals surface area contributed by atoms with E-state index in [-0.39, 0.29) is 0 Å². The van der Waals surface area contributed by atoms with Crippen LogP contribution in [0.5, 0.6) is 0 Å². The largest absolute Gasteiger partial charge is 0.309 e. The molecule has 0 radical (unpaired) electrons. The highest BCUT2D eigenvalue weighted by Crippen LogP contribution is 2.47. The second kappa shape index (κ2) is 6.54. The minimum Gasteiger partial charge on any atom is -0.309 e. The lowest BCUT2D eigenvalue weighted by atomic mass is 9.80. The van der Waals surface area contributed by atoms with E-state index in [1.54, 1.807) is 0 Å². The minimum absolute atomic E-state index is 0.661. The molecule has 2 saturated carbocycles. The zero-order valence-corrected chi connectivity index (χ0v) is 12.0. The van der Waals surface area contributed by atoms with Gasteiger partial charge < -0.3 is 5.41 Å². The summed E-state index contributed by atoms with van der Waals surface area (Å²) in [5.41, 5.74) is 1.03. The molecule has 0 spiro atoms. The zero-order chi connectivity index (χ0) is 13.0. The SMILES string of the molecule is C=CCCCC(=N)C1CC1CC1CCC(C)CC1. The number of allylic oxidation sites excluding steroid dienone is 1. The second-order valence-corrected chi connectivity index (χ2v) is 6.67. The van der Waals surface area contributed by atoms with Crippen LogP contribution in [0.1, 0.15) is 64.7 Å². The Morgan fingerprint density at radius 2 is 2.00 bits per heavy atom. The van der Waals surface area contributed by atoms with Gasteiger partial charge in [0, 0.05) is 5.71 Å².